The summed E-state index contributed by atoms with van der Waals surface area (Å²) in [5.74, 6) is 0.255. The number of nitrogens with one attached hydrogen (secondary N) is 1. The van der Waals surface area contributed by atoms with Crippen LogP contribution >= 0.6 is 0 Å². The maximum absolute atomic E-state index is 12.5. The maximum Gasteiger partial charge on any atom is 0.338 e. The van der Waals surface area contributed by atoms with Crippen LogP contribution in [0, 0.1) is 0 Å². The highest BCUT2D eigenvalue weighted by atomic mass is 16.5. The molecular formula is C15H17N5O4. The summed E-state index contributed by atoms with van der Waals surface area (Å²) in [6.45, 7) is 3.75. The molecule has 9 nitrogen and oxygen atoms in total. The van der Waals surface area contributed by atoms with Gasteiger partial charge in [0.05, 0.1) is 19.3 Å². The van der Waals surface area contributed by atoms with Gasteiger partial charge in [-0.1, -0.05) is 11.2 Å². The molecule has 0 spiro atoms. The number of rotatable bonds is 4. The van der Waals surface area contributed by atoms with Crippen LogP contribution in [0.4, 0.5) is 5.95 Å². The minimum absolute atomic E-state index is 0.00510. The molecule has 1 aromatic heterocycles. The van der Waals surface area contributed by atoms with Crippen LogP contribution in [0.3, 0.4) is 0 Å². The number of hydrogen-bond acceptors (Lipinski definition) is 8. The third-order valence-electron chi connectivity index (χ3n) is 3.73. The Morgan fingerprint density at radius 1 is 1.46 bits per heavy atom. The number of aromatic nitrogens is 4. The van der Waals surface area contributed by atoms with Crippen molar-refractivity contribution in [2.75, 3.05) is 19.0 Å². The van der Waals surface area contributed by atoms with Gasteiger partial charge < -0.3 is 19.9 Å². The summed E-state index contributed by atoms with van der Waals surface area (Å²) in [7, 11) is 1.46. The number of fused-ring (bicyclic) bond motifs is 1. The predicted molar refractivity (Wildman–Crippen MR) is 83.6 cm³/mol. The monoisotopic (exact) mass is 331 g/mol. The van der Waals surface area contributed by atoms with Crippen LogP contribution in [0.5, 0.6) is 11.5 Å². The Balaban J connectivity index is 2.16. The summed E-state index contributed by atoms with van der Waals surface area (Å²) in [4.78, 5) is 12.5. The van der Waals surface area contributed by atoms with E-state index in [1.54, 1.807) is 26.0 Å². The molecule has 9 heteroatoms. The van der Waals surface area contributed by atoms with Crippen LogP contribution < -0.4 is 10.1 Å². The molecule has 2 N–H and O–H groups in total. The fourth-order valence-electron chi connectivity index (χ4n) is 2.66. The molecule has 0 bridgehead atoms. The predicted octanol–water partition coefficient (Wildman–Crippen LogP) is 1.24. The first-order valence-electron chi connectivity index (χ1n) is 7.36. The van der Waals surface area contributed by atoms with E-state index in [2.05, 4.69) is 20.8 Å². The van der Waals surface area contributed by atoms with Crippen molar-refractivity contribution in [1.82, 2.24) is 20.2 Å². The van der Waals surface area contributed by atoms with Gasteiger partial charge in [-0.15, -0.1) is 0 Å². The Hall–Kier alpha value is -3.10. The summed E-state index contributed by atoms with van der Waals surface area (Å²) in [6, 6.07) is 4.23. The van der Waals surface area contributed by atoms with Crippen LogP contribution in [0.1, 0.15) is 25.5 Å². The molecule has 0 amide bonds. The fraction of sp³-hybridized carbons (Fsp3) is 0.333. The van der Waals surface area contributed by atoms with Gasteiger partial charge in [0.25, 0.3) is 0 Å². The number of hydrogen-bond donors (Lipinski definition) is 2. The first kappa shape index (κ1) is 15.8. The molecule has 0 aliphatic carbocycles. The third kappa shape index (κ3) is 2.53. The molecule has 0 fully saturated rings. The van der Waals surface area contributed by atoms with E-state index in [0.717, 1.165) is 0 Å². The summed E-state index contributed by atoms with van der Waals surface area (Å²) in [6.07, 6.45) is 0. The number of nitrogens with zero attached hydrogens (tertiary/aromatic N) is 4. The number of aromatic hydroxyl groups is 1. The number of ether oxygens (including phenoxy) is 2. The molecule has 1 aliphatic rings. The lowest BCUT2D eigenvalue weighted by atomic mass is 9.95. The second-order valence-electron chi connectivity index (χ2n) is 5.17. The molecule has 1 atom stereocenters. The van der Waals surface area contributed by atoms with Crippen molar-refractivity contribution in [3.8, 4) is 11.5 Å². The quantitative estimate of drug-likeness (QED) is 0.805. The normalized spacial score (nSPS) is 16.4. The van der Waals surface area contributed by atoms with Crippen LogP contribution in [-0.2, 0) is 9.53 Å². The van der Waals surface area contributed by atoms with E-state index < -0.39 is 12.0 Å². The molecule has 0 saturated heterocycles. The number of esters is 1. The average Bonchev–Trinajstić information content (AvgIpc) is 3.02. The van der Waals surface area contributed by atoms with E-state index in [0.29, 0.717) is 28.5 Å². The van der Waals surface area contributed by atoms with Crippen molar-refractivity contribution in [3.05, 3.63) is 35.0 Å². The van der Waals surface area contributed by atoms with E-state index in [1.807, 2.05) is 0 Å². The Morgan fingerprint density at radius 2 is 2.25 bits per heavy atom. The first-order chi connectivity index (χ1) is 11.6. The van der Waals surface area contributed by atoms with E-state index >= 15 is 0 Å². The molecule has 0 saturated carbocycles. The minimum Gasteiger partial charge on any atom is -0.504 e. The van der Waals surface area contributed by atoms with Gasteiger partial charge >= 0.3 is 5.97 Å². The molecule has 24 heavy (non-hydrogen) atoms. The molecule has 0 radical (unpaired) electrons. The second-order valence-corrected chi connectivity index (χ2v) is 5.17. The van der Waals surface area contributed by atoms with Crippen molar-refractivity contribution >= 4 is 11.9 Å². The van der Waals surface area contributed by atoms with Gasteiger partial charge in [0, 0.05) is 5.70 Å². The first-order valence-corrected chi connectivity index (χ1v) is 7.36. The molecule has 126 valence electrons. The number of phenols is 1. The molecule has 1 aliphatic heterocycles. The number of allylic oxidation sites excluding steroid dienone is 1. The molecule has 0 unspecified atom stereocenters. The number of tetrazole rings is 1. The fourth-order valence-corrected chi connectivity index (χ4v) is 2.66. The van der Waals surface area contributed by atoms with Gasteiger partial charge in [0.2, 0.25) is 5.95 Å². The van der Waals surface area contributed by atoms with Crippen molar-refractivity contribution in [2.24, 2.45) is 0 Å². The van der Waals surface area contributed by atoms with E-state index in [9.17, 15) is 9.90 Å². The molecule has 2 aromatic rings. The highest BCUT2D eigenvalue weighted by Gasteiger charge is 2.35. The number of methoxy groups -OCH3 is 1. The number of phenolic OH excluding ortho intramolecular Hbond substituents is 1. The maximum atomic E-state index is 12.5. The molecule has 1 aromatic carbocycles. The Morgan fingerprint density at radius 3 is 2.96 bits per heavy atom. The standard InChI is InChI=1S/C15H17N5O4/c1-4-24-14(22)12-8(2)16-15-17-18-19-20(15)13(12)9-5-6-10(21)11(7-9)23-3/h5-7,13,21H,4H2,1-3H3,(H,16,17,19)/t13-/m1/s1. The zero-order valence-corrected chi connectivity index (χ0v) is 13.5. The summed E-state index contributed by atoms with van der Waals surface area (Å²) < 4.78 is 11.8. The largest absolute Gasteiger partial charge is 0.504 e. The number of carbonyl (C=O) groups excluding carboxylic acids is 1. The van der Waals surface area contributed by atoms with Crippen LogP contribution in [-0.4, -0.2) is 45.0 Å². The van der Waals surface area contributed by atoms with Crippen LogP contribution in [0.15, 0.2) is 29.5 Å². The van der Waals surface area contributed by atoms with Crippen LogP contribution in [0.2, 0.25) is 0 Å². The topological polar surface area (TPSA) is 111 Å². The van der Waals surface area contributed by atoms with E-state index in [1.165, 1.54) is 17.9 Å². The molecular weight excluding hydrogens is 314 g/mol. The Kier molecular flexibility index (Phi) is 4.07. The summed E-state index contributed by atoms with van der Waals surface area (Å²) in [5, 5.41) is 24.3. The van der Waals surface area contributed by atoms with Crippen molar-refractivity contribution < 1.29 is 19.4 Å². The Labute approximate surface area is 137 Å². The summed E-state index contributed by atoms with van der Waals surface area (Å²) in [5.41, 5.74) is 1.68. The van der Waals surface area contributed by atoms with Gasteiger partial charge in [0.15, 0.2) is 11.5 Å². The highest BCUT2D eigenvalue weighted by molar-refractivity contribution is 5.92. The second kappa shape index (κ2) is 6.19. The lowest BCUT2D eigenvalue weighted by Gasteiger charge is -2.27. The van der Waals surface area contributed by atoms with Gasteiger partial charge in [-0.3, -0.25) is 0 Å². The van der Waals surface area contributed by atoms with E-state index in [4.69, 9.17) is 9.47 Å². The van der Waals surface area contributed by atoms with Gasteiger partial charge in [0.1, 0.15) is 6.04 Å². The lowest BCUT2D eigenvalue weighted by Crippen LogP contribution is -2.29. The van der Waals surface area contributed by atoms with Crippen molar-refractivity contribution in [2.45, 2.75) is 19.9 Å². The van der Waals surface area contributed by atoms with Gasteiger partial charge in [-0.05, 0) is 42.0 Å². The average molecular weight is 331 g/mol. The zero-order chi connectivity index (χ0) is 17.3. The smallest absolute Gasteiger partial charge is 0.338 e. The van der Waals surface area contributed by atoms with Crippen molar-refractivity contribution in [1.29, 1.82) is 0 Å². The number of anilines is 1. The van der Waals surface area contributed by atoms with Crippen LogP contribution in [0.25, 0.3) is 0 Å². The number of carbonyl (C=O) groups is 1. The van der Waals surface area contributed by atoms with Gasteiger partial charge in [-0.25, -0.2) is 4.79 Å². The van der Waals surface area contributed by atoms with Gasteiger partial charge in [-0.2, -0.15) is 4.68 Å². The molecule has 3 rings (SSSR count). The molecule has 2 heterocycles. The number of benzene rings is 1. The lowest BCUT2D eigenvalue weighted by molar-refractivity contribution is -0.139. The minimum atomic E-state index is -0.593. The van der Waals surface area contributed by atoms with Crippen molar-refractivity contribution in [3.63, 3.8) is 0 Å². The zero-order valence-electron chi connectivity index (χ0n) is 13.5. The third-order valence-corrected chi connectivity index (χ3v) is 3.73. The highest BCUT2D eigenvalue weighted by Crippen LogP contribution is 2.38. The summed E-state index contributed by atoms with van der Waals surface area (Å²) >= 11 is 0. The van der Waals surface area contributed by atoms with E-state index in [-0.39, 0.29) is 12.4 Å². The SMILES string of the molecule is CCOC(=O)C1=C(C)Nc2nnnn2[C@@H]1c1ccc(O)c(OC)c1. The Bertz CT molecular complexity index is 814.